The number of nitrogens with one attached hydrogen (secondary N) is 1. The van der Waals surface area contributed by atoms with E-state index in [4.69, 9.17) is 4.74 Å². The van der Waals surface area contributed by atoms with Crippen LogP contribution in [0.25, 0.3) is 10.8 Å². The molecule has 0 heterocycles. The molecule has 0 amide bonds. The maximum Gasteiger partial charge on any atom is 0.143 e. The lowest BCUT2D eigenvalue weighted by atomic mass is 9.96. The second-order valence-electron chi connectivity index (χ2n) is 5.69. The summed E-state index contributed by atoms with van der Waals surface area (Å²) in [6, 6.07) is 16.7. The number of hydrogen-bond acceptors (Lipinski definition) is 3. The fourth-order valence-electron chi connectivity index (χ4n) is 2.82. The summed E-state index contributed by atoms with van der Waals surface area (Å²) in [6.45, 7) is 3.22. The van der Waals surface area contributed by atoms with E-state index < -0.39 is 5.54 Å². The van der Waals surface area contributed by atoms with Gasteiger partial charge in [-0.25, -0.2) is 0 Å². The second kappa shape index (κ2) is 5.75. The van der Waals surface area contributed by atoms with Gasteiger partial charge in [0.2, 0.25) is 0 Å². The number of benzene rings is 2. The van der Waals surface area contributed by atoms with E-state index in [1.807, 2.05) is 31.2 Å². The van der Waals surface area contributed by atoms with Crippen molar-refractivity contribution in [3.8, 4) is 11.8 Å². The van der Waals surface area contributed by atoms with Crippen LogP contribution in [0.1, 0.15) is 19.8 Å². The van der Waals surface area contributed by atoms with E-state index in [-0.39, 0.29) is 0 Å². The average molecular weight is 280 g/mol. The van der Waals surface area contributed by atoms with Crippen molar-refractivity contribution in [3.05, 3.63) is 42.5 Å². The molecule has 108 valence electrons. The Morgan fingerprint density at radius 3 is 2.67 bits per heavy atom. The summed E-state index contributed by atoms with van der Waals surface area (Å²) in [5.41, 5.74) is -0.541. The van der Waals surface area contributed by atoms with Gasteiger partial charge in [-0.1, -0.05) is 37.3 Å². The van der Waals surface area contributed by atoms with E-state index >= 15 is 0 Å². The lowest BCUT2D eigenvalue weighted by Gasteiger charge is -2.27. The van der Waals surface area contributed by atoms with E-state index in [2.05, 4.69) is 29.6 Å². The van der Waals surface area contributed by atoms with Crippen LogP contribution >= 0.6 is 0 Å². The molecule has 0 aliphatic heterocycles. The predicted octanol–water partition coefficient (Wildman–Crippen LogP) is 3.50. The highest BCUT2D eigenvalue weighted by Gasteiger charge is 2.46. The maximum atomic E-state index is 9.58. The first-order valence-corrected chi connectivity index (χ1v) is 7.55. The normalized spacial score (nSPS) is 17.1. The summed E-state index contributed by atoms with van der Waals surface area (Å²) < 4.78 is 5.94. The van der Waals surface area contributed by atoms with Gasteiger partial charge < -0.3 is 4.74 Å². The van der Waals surface area contributed by atoms with Gasteiger partial charge in [0, 0.05) is 0 Å². The molecule has 3 nitrogen and oxygen atoms in total. The minimum atomic E-state index is -0.541. The fourth-order valence-corrected chi connectivity index (χ4v) is 2.82. The number of rotatable bonds is 6. The SMILES string of the molecule is CCNC(C#N)(COc1ccc2ccccc2c1)C1CC1. The Kier molecular flexibility index (Phi) is 3.81. The monoisotopic (exact) mass is 280 g/mol. The van der Waals surface area contributed by atoms with Crippen LogP contribution in [0.15, 0.2) is 42.5 Å². The van der Waals surface area contributed by atoms with Crippen molar-refractivity contribution in [2.45, 2.75) is 25.3 Å². The lowest BCUT2D eigenvalue weighted by molar-refractivity contribution is 0.204. The standard InChI is InChI=1S/C18H20N2O/c1-2-20-18(12-19,16-8-9-16)13-21-17-10-7-14-5-3-4-6-15(14)11-17/h3-7,10-11,16,20H,2,8-9,13H2,1H3. The van der Waals surface area contributed by atoms with Crippen LogP contribution in [0.4, 0.5) is 0 Å². The molecule has 2 aromatic carbocycles. The zero-order chi connectivity index (χ0) is 14.7. The van der Waals surface area contributed by atoms with Crippen molar-refractivity contribution in [3.63, 3.8) is 0 Å². The van der Waals surface area contributed by atoms with Gasteiger partial charge in [0.1, 0.15) is 17.9 Å². The first-order chi connectivity index (χ1) is 10.3. The summed E-state index contributed by atoms with van der Waals surface area (Å²) in [4.78, 5) is 0. The van der Waals surface area contributed by atoms with Gasteiger partial charge in [0.05, 0.1) is 6.07 Å². The van der Waals surface area contributed by atoms with E-state index in [1.165, 1.54) is 5.39 Å². The highest BCUT2D eigenvalue weighted by Crippen LogP contribution is 2.39. The number of ether oxygens (including phenoxy) is 1. The molecule has 0 radical (unpaired) electrons. The number of hydrogen-bond donors (Lipinski definition) is 1. The second-order valence-corrected chi connectivity index (χ2v) is 5.69. The molecule has 2 aromatic rings. The molecule has 1 fully saturated rings. The van der Waals surface area contributed by atoms with Crippen molar-refractivity contribution < 1.29 is 4.74 Å². The van der Waals surface area contributed by atoms with Crippen molar-refractivity contribution >= 4 is 10.8 Å². The third-order valence-electron chi connectivity index (χ3n) is 4.15. The van der Waals surface area contributed by atoms with Crippen LogP contribution in [0.2, 0.25) is 0 Å². The topological polar surface area (TPSA) is 45.0 Å². The molecule has 3 heteroatoms. The van der Waals surface area contributed by atoms with Gasteiger partial charge >= 0.3 is 0 Å². The van der Waals surface area contributed by atoms with E-state index in [0.717, 1.165) is 30.5 Å². The van der Waals surface area contributed by atoms with Crippen molar-refractivity contribution in [1.82, 2.24) is 5.32 Å². The molecular formula is C18H20N2O. The Morgan fingerprint density at radius 1 is 1.24 bits per heavy atom. The quantitative estimate of drug-likeness (QED) is 0.880. The zero-order valence-corrected chi connectivity index (χ0v) is 12.3. The molecule has 0 aromatic heterocycles. The van der Waals surface area contributed by atoms with E-state index in [9.17, 15) is 5.26 Å². The van der Waals surface area contributed by atoms with E-state index in [0.29, 0.717) is 12.5 Å². The number of nitriles is 1. The highest BCUT2D eigenvalue weighted by molar-refractivity contribution is 5.83. The van der Waals surface area contributed by atoms with E-state index in [1.54, 1.807) is 0 Å². The molecule has 3 rings (SSSR count). The molecule has 0 spiro atoms. The zero-order valence-electron chi connectivity index (χ0n) is 12.3. The van der Waals surface area contributed by atoms with Crippen molar-refractivity contribution in [2.75, 3.05) is 13.2 Å². The molecule has 1 aliphatic rings. The average Bonchev–Trinajstić information content (AvgIpc) is 3.36. The summed E-state index contributed by atoms with van der Waals surface area (Å²) in [6.07, 6.45) is 2.23. The third-order valence-corrected chi connectivity index (χ3v) is 4.15. The largest absolute Gasteiger partial charge is 0.491 e. The van der Waals surface area contributed by atoms with Crippen molar-refractivity contribution in [2.24, 2.45) is 5.92 Å². The first-order valence-electron chi connectivity index (χ1n) is 7.55. The summed E-state index contributed by atoms with van der Waals surface area (Å²) in [5, 5.41) is 15.3. The fraction of sp³-hybridized carbons (Fsp3) is 0.389. The van der Waals surface area contributed by atoms with Crippen molar-refractivity contribution in [1.29, 1.82) is 5.26 Å². The molecule has 1 aliphatic carbocycles. The smallest absolute Gasteiger partial charge is 0.143 e. The molecule has 1 saturated carbocycles. The van der Waals surface area contributed by atoms with Gasteiger partial charge in [-0.05, 0) is 48.2 Å². The molecule has 1 atom stereocenters. The highest BCUT2D eigenvalue weighted by atomic mass is 16.5. The Hall–Kier alpha value is -2.05. The minimum absolute atomic E-state index is 0.403. The van der Waals surface area contributed by atoms with Gasteiger partial charge in [0.15, 0.2) is 0 Å². The van der Waals surface area contributed by atoms with Crippen LogP contribution < -0.4 is 10.1 Å². The van der Waals surface area contributed by atoms with Gasteiger partial charge in [-0.15, -0.1) is 0 Å². The number of nitrogens with zero attached hydrogens (tertiary/aromatic N) is 1. The van der Waals surface area contributed by atoms with Crippen LogP contribution in [0.5, 0.6) is 5.75 Å². The van der Waals surface area contributed by atoms with Gasteiger partial charge in [-0.2, -0.15) is 5.26 Å². The predicted molar refractivity (Wildman–Crippen MR) is 84.2 cm³/mol. The van der Waals surface area contributed by atoms with Gasteiger partial charge in [-0.3, -0.25) is 5.32 Å². The van der Waals surface area contributed by atoms with Gasteiger partial charge in [0.25, 0.3) is 0 Å². The first kappa shape index (κ1) is 13.9. The maximum absolute atomic E-state index is 9.58. The lowest BCUT2D eigenvalue weighted by Crippen LogP contribution is -2.50. The summed E-state index contributed by atoms with van der Waals surface area (Å²) in [5.74, 6) is 1.25. The molecular weight excluding hydrogens is 260 g/mol. The van der Waals surface area contributed by atoms with Crippen LogP contribution in [-0.4, -0.2) is 18.7 Å². The molecule has 0 saturated heterocycles. The number of fused-ring (bicyclic) bond motifs is 1. The molecule has 1 unspecified atom stereocenters. The Morgan fingerprint density at radius 2 is 2.00 bits per heavy atom. The minimum Gasteiger partial charge on any atom is -0.491 e. The molecule has 0 bridgehead atoms. The van der Waals surface area contributed by atoms with Crippen LogP contribution in [0, 0.1) is 17.2 Å². The number of likely N-dealkylation sites (N-methyl/N-ethyl adjacent to an activating group) is 1. The summed E-state index contributed by atoms with van der Waals surface area (Å²) in [7, 11) is 0. The Bertz CT molecular complexity index is 672. The van der Waals surface area contributed by atoms with Crippen LogP contribution in [-0.2, 0) is 0 Å². The van der Waals surface area contributed by atoms with Crippen LogP contribution in [0.3, 0.4) is 0 Å². The Balaban J connectivity index is 1.76. The Labute approximate surface area is 125 Å². The molecule has 1 N–H and O–H groups in total. The summed E-state index contributed by atoms with van der Waals surface area (Å²) >= 11 is 0. The third kappa shape index (κ3) is 2.86. The molecule has 21 heavy (non-hydrogen) atoms.